The van der Waals surface area contributed by atoms with Gasteiger partial charge in [0.15, 0.2) is 5.65 Å². The number of carbonyl (C=O) groups is 2. The first-order chi connectivity index (χ1) is 17.5. The molecule has 1 atom stereocenters. The number of imidazole rings is 1. The van der Waals surface area contributed by atoms with Crippen molar-refractivity contribution in [3.8, 4) is 22.6 Å². The van der Waals surface area contributed by atoms with Crippen LogP contribution in [0.1, 0.15) is 37.1 Å². The average Bonchev–Trinajstić information content (AvgIpc) is 3.47. The van der Waals surface area contributed by atoms with Gasteiger partial charge in [-0.25, -0.2) is 24.9 Å². The second-order valence-electron chi connectivity index (χ2n) is 9.85. The van der Waals surface area contributed by atoms with Crippen molar-refractivity contribution in [3.05, 3.63) is 48.3 Å². The molecule has 10 nitrogen and oxygen atoms in total. The summed E-state index contributed by atoms with van der Waals surface area (Å²) < 4.78 is 1.90. The molecule has 0 bridgehead atoms. The molecule has 2 aliphatic heterocycles. The van der Waals surface area contributed by atoms with Gasteiger partial charge in [0.05, 0.1) is 5.56 Å². The third kappa shape index (κ3) is 2.87. The minimum absolute atomic E-state index is 0.0548. The largest absolute Gasteiger partial charge is 0.324 e. The summed E-state index contributed by atoms with van der Waals surface area (Å²) in [4.78, 5) is 50.9. The SMILES string of the molecule is Cc1ncc(-c2nc3c(-c4ccc5c(c4)C4(CCCN4C(=O)C4CC4)C(=O)N5)ncnc3n2C)cn1. The fourth-order valence-electron chi connectivity index (χ4n) is 5.65. The summed E-state index contributed by atoms with van der Waals surface area (Å²) in [6.07, 6.45) is 8.26. The number of amides is 2. The Morgan fingerprint density at radius 2 is 1.92 bits per heavy atom. The molecule has 1 saturated heterocycles. The quantitative estimate of drug-likeness (QED) is 0.479. The predicted molar refractivity (Wildman–Crippen MR) is 131 cm³/mol. The second kappa shape index (κ2) is 7.39. The van der Waals surface area contributed by atoms with E-state index in [-0.39, 0.29) is 17.7 Å². The first-order valence-electron chi connectivity index (χ1n) is 12.2. The van der Waals surface area contributed by atoms with Gasteiger partial charge < -0.3 is 14.8 Å². The van der Waals surface area contributed by atoms with Crippen LogP contribution in [0, 0.1) is 12.8 Å². The Balaban J connectivity index is 1.37. The van der Waals surface area contributed by atoms with Gasteiger partial charge in [0.1, 0.15) is 34.7 Å². The lowest BCUT2D eigenvalue weighted by Gasteiger charge is -2.33. The van der Waals surface area contributed by atoms with Gasteiger partial charge >= 0.3 is 0 Å². The summed E-state index contributed by atoms with van der Waals surface area (Å²) in [5.41, 5.74) is 4.26. The van der Waals surface area contributed by atoms with E-state index in [0.717, 1.165) is 41.6 Å². The zero-order valence-electron chi connectivity index (χ0n) is 20.0. The summed E-state index contributed by atoms with van der Waals surface area (Å²) in [7, 11) is 1.90. The van der Waals surface area contributed by atoms with E-state index in [0.29, 0.717) is 41.5 Å². The lowest BCUT2D eigenvalue weighted by atomic mass is 9.86. The number of nitrogens with one attached hydrogen (secondary N) is 1. The van der Waals surface area contributed by atoms with E-state index in [1.54, 1.807) is 12.4 Å². The van der Waals surface area contributed by atoms with Gasteiger partial charge in [0, 0.05) is 48.7 Å². The molecule has 1 aliphatic carbocycles. The van der Waals surface area contributed by atoms with Crippen LogP contribution >= 0.6 is 0 Å². The molecule has 5 heterocycles. The summed E-state index contributed by atoms with van der Waals surface area (Å²) in [6.45, 7) is 2.44. The minimum Gasteiger partial charge on any atom is -0.324 e. The van der Waals surface area contributed by atoms with Crippen LogP contribution in [-0.4, -0.2) is 52.7 Å². The first-order valence-corrected chi connectivity index (χ1v) is 12.2. The predicted octanol–water partition coefficient (Wildman–Crippen LogP) is 2.98. The molecular weight excluding hydrogens is 456 g/mol. The number of benzene rings is 1. The Bertz CT molecular complexity index is 1570. The number of aromatic nitrogens is 6. The molecule has 1 N–H and O–H groups in total. The molecule has 1 unspecified atom stereocenters. The number of hydrogen-bond acceptors (Lipinski definition) is 7. The molecule has 0 radical (unpaired) electrons. The molecule has 3 aliphatic rings. The van der Waals surface area contributed by atoms with Gasteiger partial charge in [0.25, 0.3) is 5.91 Å². The Morgan fingerprint density at radius 1 is 1.11 bits per heavy atom. The molecule has 2 fully saturated rings. The molecule has 1 saturated carbocycles. The van der Waals surface area contributed by atoms with Gasteiger partial charge in [-0.15, -0.1) is 0 Å². The fraction of sp³-hybridized carbons (Fsp3) is 0.346. The number of rotatable bonds is 3. The van der Waals surface area contributed by atoms with Crippen molar-refractivity contribution in [1.29, 1.82) is 0 Å². The standard InChI is InChI=1S/C26H24N8O2/c1-14-27-11-17(12-28-14)22-32-21-20(29-13-30-23(21)33(22)2)16-6-7-19-18(10-16)26(25(36)31-19)8-3-9-34(26)24(35)15-4-5-15/h6-7,10-13,15H,3-5,8-9H2,1-2H3,(H,31,36). The molecule has 3 aromatic heterocycles. The van der Waals surface area contributed by atoms with Crippen LogP contribution in [-0.2, 0) is 22.2 Å². The Morgan fingerprint density at radius 3 is 2.69 bits per heavy atom. The van der Waals surface area contributed by atoms with Crippen molar-refractivity contribution >= 4 is 28.7 Å². The van der Waals surface area contributed by atoms with E-state index in [1.165, 1.54) is 6.33 Å². The summed E-state index contributed by atoms with van der Waals surface area (Å²) >= 11 is 0. The maximum atomic E-state index is 13.3. The number of likely N-dealkylation sites (tertiary alicyclic amines) is 1. The highest BCUT2D eigenvalue weighted by Crippen LogP contribution is 2.50. The number of fused-ring (bicyclic) bond motifs is 3. The van der Waals surface area contributed by atoms with Gasteiger partial charge in [0.2, 0.25) is 5.91 Å². The highest BCUT2D eigenvalue weighted by atomic mass is 16.2. The zero-order chi connectivity index (χ0) is 24.6. The summed E-state index contributed by atoms with van der Waals surface area (Å²) in [5.74, 6) is 1.42. The normalized spacial score (nSPS) is 20.8. The highest BCUT2D eigenvalue weighted by Gasteiger charge is 2.57. The fourth-order valence-corrected chi connectivity index (χ4v) is 5.65. The number of anilines is 1. The van der Waals surface area contributed by atoms with Gasteiger partial charge in [-0.1, -0.05) is 6.07 Å². The summed E-state index contributed by atoms with van der Waals surface area (Å²) in [6, 6.07) is 5.84. The molecule has 4 aromatic rings. The zero-order valence-corrected chi connectivity index (χ0v) is 20.0. The maximum absolute atomic E-state index is 13.3. The van der Waals surface area contributed by atoms with Crippen LogP contribution in [0.3, 0.4) is 0 Å². The average molecular weight is 481 g/mol. The van der Waals surface area contributed by atoms with E-state index in [9.17, 15) is 9.59 Å². The molecular formula is C26H24N8O2. The number of nitrogens with zero attached hydrogens (tertiary/aromatic N) is 7. The van der Waals surface area contributed by atoms with Crippen molar-refractivity contribution in [3.63, 3.8) is 0 Å². The van der Waals surface area contributed by atoms with Crippen LogP contribution < -0.4 is 5.32 Å². The van der Waals surface area contributed by atoms with E-state index in [4.69, 9.17) is 4.98 Å². The van der Waals surface area contributed by atoms with Gasteiger partial charge in [-0.05, 0) is 44.7 Å². The molecule has 1 aromatic carbocycles. The smallest absolute Gasteiger partial charge is 0.255 e. The minimum atomic E-state index is -0.953. The van der Waals surface area contributed by atoms with E-state index in [2.05, 4.69) is 25.3 Å². The third-order valence-corrected chi connectivity index (χ3v) is 7.63. The van der Waals surface area contributed by atoms with E-state index in [1.807, 2.05) is 41.6 Å². The van der Waals surface area contributed by atoms with Crippen molar-refractivity contribution in [2.75, 3.05) is 11.9 Å². The monoisotopic (exact) mass is 480 g/mol. The molecule has 1 spiro atoms. The van der Waals surface area contributed by atoms with Crippen LogP contribution in [0.15, 0.2) is 36.9 Å². The summed E-state index contributed by atoms with van der Waals surface area (Å²) in [5, 5.41) is 3.03. The van der Waals surface area contributed by atoms with Crippen LogP contribution in [0.5, 0.6) is 0 Å². The third-order valence-electron chi connectivity index (χ3n) is 7.63. The molecule has 10 heteroatoms. The van der Waals surface area contributed by atoms with E-state index >= 15 is 0 Å². The highest BCUT2D eigenvalue weighted by molar-refractivity contribution is 6.09. The Hall–Kier alpha value is -4.21. The number of aryl methyl sites for hydroxylation is 2. The Kier molecular flexibility index (Phi) is 4.33. The molecule has 180 valence electrons. The second-order valence-corrected chi connectivity index (χ2v) is 9.85. The molecule has 7 rings (SSSR count). The lowest BCUT2D eigenvalue weighted by molar-refractivity contribution is -0.143. The van der Waals surface area contributed by atoms with Gasteiger partial charge in [-0.3, -0.25) is 9.59 Å². The maximum Gasteiger partial charge on any atom is 0.255 e. The van der Waals surface area contributed by atoms with Crippen LogP contribution in [0.4, 0.5) is 5.69 Å². The van der Waals surface area contributed by atoms with Crippen molar-refractivity contribution in [2.45, 2.75) is 38.1 Å². The topological polar surface area (TPSA) is 119 Å². The Labute approximate surface area is 206 Å². The molecule has 36 heavy (non-hydrogen) atoms. The van der Waals surface area contributed by atoms with Crippen molar-refractivity contribution < 1.29 is 9.59 Å². The van der Waals surface area contributed by atoms with Crippen molar-refractivity contribution in [1.82, 2.24) is 34.4 Å². The van der Waals surface area contributed by atoms with Crippen LogP contribution in [0.25, 0.3) is 33.8 Å². The van der Waals surface area contributed by atoms with E-state index < -0.39 is 5.54 Å². The van der Waals surface area contributed by atoms with Crippen molar-refractivity contribution in [2.24, 2.45) is 13.0 Å². The number of carbonyl (C=O) groups excluding carboxylic acids is 2. The lowest BCUT2D eigenvalue weighted by Crippen LogP contribution is -2.50. The number of hydrogen-bond donors (Lipinski definition) is 1. The van der Waals surface area contributed by atoms with Gasteiger partial charge in [-0.2, -0.15) is 0 Å². The molecule has 2 amide bonds. The van der Waals surface area contributed by atoms with Crippen LogP contribution in [0.2, 0.25) is 0 Å². The first kappa shape index (κ1) is 21.1.